The molecule has 1 aliphatic rings. The van der Waals surface area contributed by atoms with Crippen LogP contribution in [0.4, 0.5) is 26.3 Å². The Kier molecular flexibility index (Phi) is 5.53. The van der Waals surface area contributed by atoms with Crippen molar-refractivity contribution in [1.29, 1.82) is 0 Å². The van der Waals surface area contributed by atoms with Crippen LogP contribution in [-0.4, -0.2) is 25.4 Å². The zero-order valence-electron chi connectivity index (χ0n) is 10.7. The van der Waals surface area contributed by atoms with Crippen LogP contribution in [0.3, 0.4) is 0 Å². The Labute approximate surface area is 108 Å². The van der Waals surface area contributed by atoms with Gasteiger partial charge in [-0.1, -0.05) is 0 Å². The van der Waals surface area contributed by atoms with Crippen molar-refractivity contribution in [3.8, 4) is 0 Å². The second-order valence-corrected chi connectivity index (χ2v) is 5.20. The van der Waals surface area contributed by atoms with Crippen molar-refractivity contribution in [2.24, 2.45) is 11.8 Å². The van der Waals surface area contributed by atoms with Gasteiger partial charge in [-0.25, -0.2) is 0 Å². The molecule has 0 heterocycles. The maximum Gasteiger partial charge on any atom is 0.391 e. The molecule has 19 heavy (non-hydrogen) atoms. The van der Waals surface area contributed by atoms with Crippen LogP contribution in [0.1, 0.15) is 38.5 Å². The molecule has 114 valence electrons. The summed E-state index contributed by atoms with van der Waals surface area (Å²) in [7, 11) is 1.57. The summed E-state index contributed by atoms with van der Waals surface area (Å²) in [6, 6.07) is -0.351. The first-order valence-corrected chi connectivity index (χ1v) is 6.44. The third-order valence-corrected chi connectivity index (χ3v) is 3.91. The van der Waals surface area contributed by atoms with Crippen LogP contribution >= 0.6 is 0 Å². The molecule has 1 nitrogen and oxygen atoms in total. The number of halogens is 6. The first kappa shape index (κ1) is 16.6. The first-order chi connectivity index (χ1) is 8.63. The van der Waals surface area contributed by atoms with Gasteiger partial charge in [0.15, 0.2) is 0 Å². The fraction of sp³-hybridized carbons (Fsp3) is 1.00. The van der Waals surface area contributed by atoms with E-state index in [2.05, 4.69) is 5.32 Å². The fourth-order valence-corrected chi connectivity index (χ4v) is 2.78. The summed E-state index contributed by atoms with van der Waals surface area (Å²) >= 11 is 0. The van der Waals surface area contributed by atoms with Crippen molar-refractivity contribution in [2.45, 2.75) is 56.9 Å². The molecule has 1 N–H and O–H groups in total. The van der Waals surface area contributed by atoms with E-state index in [9.17, 15) is 26.3 Å². The predicted molar refractivity (Wildman–Crippen MR) is 59.6 cm³/mol. The van der Waals surface area contributed by atoms with Crippen molar-refractivity contribution in [3.63, 3.8) is 0 Å². The molecule has 0 amide bonds. The largest absolute Gasteiger partial charge is 0.391 e. The maximum absolute atomic E-state index is 12.5. The lowest BCUT2D eigenvalue weighted by Gasteiger charge is -2.34. The standard InChI is InChI=1S/C12H19F6N/c1-19-10(6-7-11(13,14)15)8-2-4-9(5-3-8)12(16,17)18/h8-10,19H,2-7H2,1H3. The molecule has 7 heteroatoms. The van der Waals surface area contributed by atoms with Crippen molar-refractivity contribution in [1.82, 2.24) is 5.32 Å². The van der Waals surface area contributed by atoms with Gasteiger partial charge < -0.3 is 5.32 Å². The molecule has 0 bridgehead atoms. The van der Waals surface area contributed by atoms with Gasteiger partial charge in [-0.3, -0.25) is 0 Å². The molecule has 0 radical (unpaired) electrons. The van der Waals surface area contributed by atoms with Gasteiger partial charge in [-0.05, 0) is 45.1 Å². The Bertz CT molecular complexity index is 264. The van der Waals surface area contributed by atoms with Gasteiger partial charge in [0, 0.05) is 12.5 Å². The smallest absolute Gasteiger partial charge is 0.317 e. The predicted octanol–water partition coefficient (Wildman–Crippen LogP) is 4.29. The van der Waals surface area contributed by atoms with Crippen LogP contribution in [0.15, 0.2) is 0 Å². The SMILES string of the molecule is CNC(CCC(F)(F)F)C1CCC(C(F)(F)F)CC1. The number of rotatable bonds is 4. The van der Waals surface area contributed by atoms with E-state index < -0.39 is 24.7 Å². The van der Waals surface area contributed by atoms with Crippen LogP contribution in [0.5, 0.6) is 0 Å². The molecule has 0 aromatic heterocycles. The summed E-state index contributed by atoms with van der Waals surface area (Å²) in [5.74, 6) is -1.38. The van der Waals surface area contributed by atoms with Crippen molar-refractivity contribution >= 4 is 0 Å². The topological polar surface area (TPSA) is 12.0 Å². The van der Waals surface area contributed by atoms with E-state index >= 15 is 0 Å². The highest BCUT2D eigenvalue weighted by Crippen LogP contribution is 2.41. The number of hydrogen-bond donors (Lipinski definition) is 1. The number of nitrogens with one attached hydrogen (secondary N) is 1. The van der Waals surface area contributed by atoms with Crippen LogP contribution in [0.25, 0.3) is 0 Å². The van der Waals surface area contributed by atoms with Gasteiger partial charge in [0.05, 0.1) is 5.92 Å². The van der Waals surface area contributed by atoms with Crippen LogP contribution in [0, 0.1) is 11.8 Å². The van der Waals surface area contributed by atoms with E-state index in [0.717, 1.165) is 0 Å². The van der Waals surface area contributed by atoms with E-state index in [-0.39, 0.29) is 31.2 Å². The van der Waals surface area contributed by atoms with E-state index in [1.165, 1.54) is 0 Å². The Morgan fingerprint density at radius 1 is 1.00 bits per heavy atom. The van der Waals surface area contributed by atoms with Crippen LogP contribution in [0.2, 0.25) is 0 Å². The van der Waals surface area contributed by atoms with E-state index in [4.69, 9.17) is 0 Å². The molecule has 0 spiro atoms. The molecule has 1 fully saturated rings. The minimum absolute atomic E-state index is 0.0262. The van der Waals surface area contributed by atoms with E-state index in [1.807, 2.05) is 0 Å². The highest BCUT2D eigenvalue weighted by molar-refractivity contribution is 4.84. The third-order valence-electron chi connectivity index (χ3n) is 3.91. The van der Waals surface area contributed by atoms with Gasteiger partial charge in [0.1, 0.15) is 0 Å². The summed E-state index contributed by atoms with van der Waals surface area (Å²) in [6.45, 7) is 0. The first-order valence-electron chi connectivity index (χ1n) is 6.44. The molecule has 1 unspecified atom stereocenters. The lowest BCUT2D eigenvalue weighted by Crippen LogP contribution is -2.38. The lowest BCUT2D eigenvalue weighted by molar-refractivity contribution is -0.184. The second kappa shape index (κ2) is 6.33. The maximum atomic E-state index is 12.5. The Morgan fingerprint density at radius 2 is 1.53 bits per heavy atom. The summed E-state index contributed by atoms with van der Waals surface area (Å²) < 4.78 is 74.0. The van der Waals surface area contributed by atoms with Gasteiger partial charge in [0.25, 0.3) is 0 Å². The number of hydrogen-bond acceptors (Lipinski definition) is 1. The Hall–Kier alpha value is -0.460. The zero-order chi connectivity index (χ0) is 14.7. The molecule has 0 aromatic carbocycles. The molecule has 1 aliphatic carbocycles. The van der Waals surface area contributed by atoms with Crippen molar-refractivity contribution < 1.29 is 26.3 Å². The molecular weight excluding hydrogens is 272 g/mol. The van der Waals surface area contributed by atoms with Gasteiger partial charge in [0.2, 0.25) is 0 Å². The average molecular weight is 291 g/mol. The molecular formula is C12H19F6N. The highest BCUT2D eigenvalue weighted by Gasteiger charge is 2.42. The Morgan fingerprint density at radius 3 is 1.89 bits per heavy atom. The monoisotopic (exact) mass is 291 g/mol. The quantitative estimate of drug-likeness (QED) is 0.762. The summed E-state index contributed by atoms with van der Waals surface area (Å²) in [5.41, 5.74) is 0. The zero-order valence-corrected chi connectivity index (χ0v) is 10.7. The molecule has 1 rings (SSSR count). The highest BCUT2D eigenvalue weighted by atomic mass is 19.4. The molecule has 1 saturated carbocycles. The van der Waals surface area contributed by atoms with Crippen molar-refractivity contribution in [2.75, 3.05) is 7.05 Å². The van der Waals surface area contributed by atoms with Crippen molar-refractivity contribution in [3.05, 3.63) is 0 Å². The summed E-state index contributed by atoms with van der Waals surface area (Å²) in [5, 5.41) is 2.82. The van der Waals surface area contributed by atoms with E-state index in [1.54, 1.807) is 7.05 Å². The normalized spacial score (nSPS) is 27.3. The number of alkyl halides is 6. The van der Waals surface area contributed by atoms with E-state index in [0.29, 0.717) is 12.8 Å². The van der Waals surface area contributed by atoms with Gasteiger partial charge in [-0.15, -0.1) is 0 Å². The molecule has 0 aromatic rings. The van der Waals surface area contributed by atoms with Crippen LogP contribution < -0.4 is 5.32 Å². The molecule has 0 aliphatic heterocycles. The lowest BCUT2D eigenvalue weighted by atomic mass is 9.77. The van der Waals surface area contributed by atoms with Gasteiger partial charge in [-0.2, -0.15) is 26.3 Å². The molecule has 0 saturated heterocycles. The third kappa shape index (κ3) is 5.58. The minimum atomic E-state index is -4.21. The summed E-state index contributed by atoms with van der Waals surface area (Å²) in [6.07, 6.45) is -8.61. The summed E-state index contributed by atoms with van der Waals surface area (Å²) in [4.78, 5) is 0. The Balaban J connectivity index is 2.44. The average Bonchev–Trinajstić information content (AvgIpc) is 2.28. The molecule has 1 atom stereocenters. The second-order valence-electron chi connectivity index (χ2n) is 5.20. The van der Waals surface area contributed by atoms with Gasteiger partial charge >= 0.3 is 12.4 Å². The fourth-order valence-electron chi connectivity index (χ4n) is 2.78. The minimum Gasteiger partial charge on any atom is -0.317 e. The van der Waals surface area contributed by atoms with Crippen LogP contribution in [-0.2, 0) is 0 Å².